The number of aromatic nitrogens is 2. The summed E-state index contributed by atoms with van der Waals surface area (Å²) in [5.41, 5.74) is 7.64. The molecule has 2 aliphatic rings. The van der Waals surface area contributed by atoms with Crippen molar-refractivity contribution < 1.29 is 4.79 Å². The van der Waals surface area contributed by atoms with Crippen molar-refractivity contribution >= 4 is 29.7 Å². The molecule has 1 heterocycles. The number of imidazole rings is 1. The first-order valence-electron chi connectivity index (χ1n) is 10.1. The number of anilines is 1. The van der Waals surface area contributed by atoms with E-state index in [2.05, 4.69) is 39.5 Å². The average molecular weight is 397 g/mol. The first-order valence-corrected chi connectivity index (χ1v) is 11.0. The molecule has 0 fully saturated rings. The molecule has 28 heavy (non-hydrogen) atoms. The van der Waals surface area contributed by atoms with Gasteiger partial charge >= 0.3 is 6.03 Å². The minimum absolute atomic E-state index is 0.160. The summed E-state index contributed by atoms with van der Waals surface area (Å²) in [6.07, 6.45) is 10.8. The number of carbonyl (C=O) groups is 1. The van der Waals surface area contributed by atoms with E-state index in [9.17, 15) is 4.79 Å². The standard InChI is InChI=1S/C22H28N4OS/c1-14(2)26-13-15(3)23-20(26)10-11-28-25-22(27)24-21-18-8-4-6-16(18)12-17-7-5-9-19(17)21/h10-14H,4-9H2,1-3H3,(H2,24,25,27)/b11-10+. The smallest absolute Gasteiger partial charge is 0.329 e. The van der Waals surface area contributed by atoms with Gasteiger partial charge in [0.15, 0.2) is 0 Å². The van der Waals surface area contributed by atoms with Gasteiger partial charge in [-0.05, 0) is 105 Å². The molecule has 4 rings (SSSR count). The molecule has 1 aromatic heterocycles. The first-order chi connectivity index (χ1) is 13.5. The highest BCUT2D eigenvalue weighted by molar-refractivity contribution is 8.00. The number of benzene rings is 1. The lowest BCUT2D eigenvalue weighted by molar-refractivity contribution is 0.257. The van der Waals surface area contributed by atoms with Crippen molar-refractivity contribution in [3.05, 3.63) is 51.4 Å². The van der Waals surface area contributed by atoms with Crippen molar-refractivity contribution in [2.75, 3.05) is 5.32 Å². The van der Waals surface area contributed by atoms with E-state index in [0.717, 1.165) is 42.9 Å². The Morgan fingerprint density at radius 2 is 1.86 bits per heavy atom. The normalized spacial score (nSPS) is 15.3. The van der Waals surface area contributed by atoms with Crippen LogP contribution in [0.5, 0.6) is 0 Å². The van der Waals surface area contributed by atoms with Crippen LogP contribution in [0.15, 0.2) is 17.7 Å². The molecule has 6 heteroatoms. The number of aryl methyl sites for hydroxylation is 3. The summed E-state index contributed by atoms with van der Waals surface area (Å²) in [7, 11) is 0. The number of fused-ring (bicyclic) bond motifs is 2. The molecule has 0 radical (unpaired) electrons. The van der Waals surface area contributed by atoms with Crippen LogP contribution in [0, 0.1) is 6.92 Å². The van der Waals surface area contributed by atoms with Crippen LogP contribution in [-0.2, 0) is 25.7 Å². The van der Waals surface area contributed by atoms with Gasteiger partial charge in [0, 0.05) is 17.9 Å². The fraction of sp³-hybridized carbons (Fsp3) is 0.455. The predicted molar refractivity (Wildman–Crippen MR) is 117 cm³/mol. The van der Waals surface area contributed by atoms with E-state index >= 15 is 0 Å². The number of amides is 2. The van der Waals surface area contributed by atoms with Crippen LogP contribution < -0.4 is 10.0 Å². The van der Waals surface area contributed by atoms with Crippen LogP contribution in [0.3, 0.4) is 0 Å². The molecule has 2 aromatic rings. The van der Waals surface area contributed by atoms with E-state index in [1.54, 1.807) is 0 Å². The molecule has 5 nitrogen and oxygen atoms in total. The third-order valence-corrected chi connectivity index (χ3v) is 6.16. The van der Waals surface area contributed by atoms with Gasteiger partial charge in [0.2, 0.25) is 0 Å². The minimum atomic E-state index is -0.160. The Labute approximate surface area is 171 Å². The van der Waals surface area contributed by atoms with Gasteiger partial charge in [0.1, 0.15) is 5.82 Å². The molecule has 0 unspecified atom stereocenters. The summed E-state index contributed by atoms with van der Waals surface area (Å²) in [6, 6.07) is 2.57. The highest BCUT2D eigenvalue weighted by Gasteiger charge is 2.24. The second-order valence-electron chi connectivity index (χ2n) is 7.95. The summed E-state index contributed by atoms with van der Waals surface area (Å²) in [5, 5.41) is 5.02. The lowest BCUT2D eigenvalue weighted by atomic mass is 9.99. The summed E-state index contributed by atoms with van der Waals surface area (Å²) >= 11 is 1.28. The quantitative estimate of drug-likeness (QED) is 0.684. The number of nitrogens with one attached hydrogen (secondary N) is 2. The molecular weight excluding hydrogens is 368 g/mol. The molecule has 2 aliphatic carbocycles. The Balaban J connectivity index is 1.40. The summed E-state index contributed by atoms with van der Waals surface area (Å²) < 4.78 is 5.01. The van der Waals surface area contributed by atoms with Crippen molar-refractivity contribution in [3.63, 3.8) is 0 Å². The number of nitrogens with zero attached hydrogens (tertiary/aromatic N) is 2. The van der Waals surface area contributed by atoms with Gasteiger partial charge in [-0.25, -0.2) is 9.78 Å². The predicted octanol–water partition coefficient (Wildman–Crippen LogP) is 5.19. The zero-order valence-electron chi connectivity index (χ0n) is 16.8. The largest absolute Gasteiger partial charge is 0.329 e. The summed E-state index contributed by atoms with van der Waals surface area (Å²) in [6.45, 7) is 6.26. The van der Waals surface area contributed by atoms with Gasteiger partial charge < -0.3 is 9.88 Å². The van der Waals surface area contributed by atoms with E-state index in [1.807, 2.05) is 24.6 Å². The lowest BCUT2D eigenvalue weighted by Crippen LogP contribution is -2.23. The van der Waals surface area contributed by atoms with Gasteiger partial charge in [-0.2, -0.15) is 0 Å². The SMILES string of the molecule is Cc1cn(C(C)C)c(/C=C/SNC(=O)Nc2c3c(cc4c2CCC4)CCC3)n1. The molecule has 148 valence electrons. The molecule has 0 atom stereocenters. The maximum atomic E-state index is 12.5. The van der Waals surface area contributed by atoms with Gasteiger partial charge in [0.05, 0.1) is 5.69 Å². The maximum Gasteiger partial charge on any atom is 0.329 e. The van der Waals surface area contributed by atoms with E-state index < -0.39 is 0 Å². The van der Waals surface area contributed by atoms with Crippen molar-refractivity contribution in [3.8, 4) is 0 Å². The maximum absolute atomic E-state index is 12.5. The van der Waals surface area contributed by atoms with Crippen LogP contribution in [0.25, 0.3) is 6.08 Å². The monoisotopic (exact) mass is 396 g/mol. The van der Waals surface area contributed by atoms with Crippen LogP contribution in [0.4, 0.5) is 10.5 Å². The van der Waals surface area contributed by atoms with Crippen LogP contribution in [0.1, 0.15) is 66.5 Å². The van der Waals surface area contributed by atoms with Gasteiger partial charge in [-0.15, -0.1) is 0 Å². The third kappa shape index (κ3) is 3.83. The first kappa shape index (κ1) is 19.1. The number of hydrogen-bond acceptors (Lipinski definition) is 3. The summed E-state index contributed by atoms with van der Waals surface area (Å²) in [5.74, 6) is 0.904. The van der Waals surface area contributed by atoms with Gasteiger partial charge in [-0.3, -0.25) is 4.72 Å². The number of urea groups is 1. The topological polar surface area (TPSA) is 59.0 Å². The van der Waals surface area contributed by atoms with Crippen molar-refractivity contribution in [2.45, 2.75) is 65.3 Å². The van der Waals surface area contributed by atoms with Crippen LogP contribution in [-0.4, -0.2) is 15.6 Å². The average Bonchev–Trinajstić information content (AvgIpc) is 3.37. The molecule has 0 saturated carbocycles. The molecule has 0 spiro atoms. The van der Waals surface area contributed by atoms with E-state index in [4.69, 9.17) is 0 Å². The van der Waals surface area contributed by atoms with Gasteiger partial charge in [-0.1, -0.05) is 6.07 Å². The molecule has 1 aromatic carbocycles. The second kappa shape index (κ2) is 8.03. The van der Waals surface area contributed by atoms with E-state index in [0.29, 0.717) is 6.04 Å². The zero-order chi connectivity index (χ0) is 19.7. The van der Waals surface area contributed by atoms with Gasteiger partial charge in [0.25, 0.3) is 0 Å². The van der Waals surface area contributed by atoms with E-state index in [-0.39, 0.29) is 6.03 Å². The van der Waals surface area contributed by atoms with Crippen molar-refractivity contribution in [1.29, 1.82) is 0 Å². The van der Waals surface area contributed by atoms with Crippen LogP contribution >= 0.6 is 11.9 Å². The lowest BCUT2D eigenvalue weighted by Gasteiger charge is -2.16. The molecular formula is C22H28N4OS. The number of carbonyl (C=O) groups excluding carboxylic acids is 1. The molecule has 0 saturated heterocycles. The Hall–Kier alpha value is -2.21. The molecule has 2 amide bonds. The van der Waals surface area contributed by atoms with Crippen molar-refractivity contribution in [2.24, 2.45) is 0 Å². The van der Waals surface area contributed by atoms with Crippen LogP contribution in [0.2, 0.25) is 0 Å². The fourth-order valence-corrected chi connectivity index (χ4v) is 4.78. The summed E-state index contributed by atoms with van der Waals surface area (Å²) in [4.78, 5) is 17.0. The molecule has 0 bridgehead atoms. The minimum Gasteiger partial charge on any atom is -0.329 e. The highest BCUT2D eigenvalue weighted by atomic mass is 32.2. The zero-order valence-corrected chi connectivity index (χ0v) is 17.7. The Bertz CT molecular complexity index is 897. The highest BCUT2D eigenvalue weighted by Crippen LogP contribution is 2.38. The molecule has 2 N–H and O–H groups in total. The second-order valence-corrected chi connectivity index (χ2v) is 8.66. The third-order valence-electron chi connectivity index (χ3n) is 5.59. The Kier molecular flexibility index (Phi) is 5.49. The number of hydrogen-bond donors (Lipinski definition) is 2. The molecule has 0 aliphatic heterocycles. The van der Waals surface area contributed by atoms with Crippen molar-refractivity contribution in [1.82, 2.24) is 14.3 Å². The Morgan fingerprint density at radius 1 is 1.18 bits per heavy atom. The fourth-order valence-electron chi connectivity index (χ4n) is 4.36. The number of rotatable bonds is 5. The van der Waals surface area contributed by atoms with E-state index in [1.165, 1.54) is 47.0 Å². The Morgan fingerprint density at radius 3 is 2.50 bits per heavy atom.